The Labute approximate surface area is 179 Å². The van der Waals surface area contributed by atoms with Crippen LogP contribution in [0.15, 0.2) is 48.5 Å². The molecule has 154 valence electrons. The molecule has 0 aliphatic carbocycles. The third-order valence-corrected chi connectivity index (χ3v) is 6.15. The summed E-state index contributed by atoms with van der Waals surface area (Å²) in [5.41, 5.74) is 2.42. The molecule has 2 heterocycles. The van der Waals surface area contributed by atoms with Crippen LogP contribution in [0.2, 0.25) is 0 Å². The van der Waals surface area contributed by atoms with E-state index >= 15 is 0 Å². The van der Waals surface area contributed by atoms with Crippen LogP contribution in [0.25, 0.3) is 6.08 Å². The van der Waals surface area contributed by atoms with Gasteiger partial charge in [-0.25, -0.2) is 0 Å². The molecule has 7 heteroatoms. The van der Waals surface area contributed by atoms with Crippen LogP contribution in [-0.4, -0.2) is 41.2 Å². The topological polar surface area (TPSA) is 65.4 Å². The van der Waals surface area contributed by atoms with Gasteiger partial charge in [0.15, 0.2) is 0 Å². The quantitative estimate of drug-likeness (QED) is 0.373. The Morgan fingerprint density at radius 2 is 1.93 bits per heavy atom. The van der Waals surface area contributed by atoms with E-state index in [0.717, 1.165) is 16.6 Å². The predicted octanol–water partition coefficient (Wildman–Crippen LogP) is 4.58. The SMILES string of the molecule is CC1(C)c2ccccc2N(CCOCCBr)C12C=Cc1cc(N(O)O)ccc1O2. The lowest BCUT2D eigenvalue weighted by molar-refractivity contribution is 0.0287. The Morgan fingerprint density at radius 1 is 1.14 bits per heavy atom. The third kappa shape index (κ3) is 3.22. The Balaban J connectivity index is 1.75. The maximum Gasteiger partial charge on any atom is 0.212 e. The summed E-state index contributed by atoms with van der Waals surface area (Å²) < 4.78 is 12.4. The second-order valence-corrected chi connectivity index (χ2v) is 8.53. The van der Waals surface area contributed by atoms with Crippen molar-refractivity contribution in [1.82, 2.24) is 0 Å². The maximum absolute atomic E-state index is 9.31. The van der Waals surface area contributed by atoms with E-state index < -0.39 is 5.72 Å². The van der Waals surface area contributed by atoms with Crippen molar-refractivity contribution in [1.29, 1.82) is 0 Å². The van der Waals surface area contributed by atoms with E-state index in [9.17, 15) is 10.4 Å². The van der Waals surface area contributed by atoms with Gasteiger partial charge in [-0.2, -0.15) is 0 Å². The highest BCUT2D eigenvalue weighted by molar-refractivity contribution is 9.09. The first-order valence-corrected chi connectivity index (χ1v) is 10.7. The summed E-state index contributed by atoms with van der Waals surface area (Å²) in [7, 11) is 0. The number of benzene rings is 2. The van der Waals surface area contributed by atoms with Crippen LogP contribution in [0.1, 0.15) is 25.0 Å². The summed E-state index contributed by atoms with van der Waals surface area (Å²) >= 11 is 3.40. The molecular weight excluding hydrogens is 436 g/mol. The highest BCUT2D eigenvalue weighted by atomic mass is 79.9. The van der Waals surface area contributed by atoms with Gasteiger partial charge in [-0.15, -0.1) is 5.23 Å². The van der Waals surface area contributed by atoms with E-state index in [0.29, 0.717) is 25.5 Å². The molecule has 2 aromatic carbocycles. The average molecular weight is 461 g/mol. The number of nitrogens with zero attached hydrogens (tertiary/aromatic N) is 2. The molecule has 2 aliphatic heterocycles. The minimum atomic E-state index is -0.707. The molecule has 0 fully saturated rings. The van der Waals surface area contributed by atoms with Gasteiger partial charge in [-0.1, -0.05) is 34.1 Å². The Kier molecular flexibility index (Phi) is 5.33. The number of para-hydroxylation sites is 1. The van der Waals surface area contributed by atoms with Crippen molar-refractivity contribution in [2.24, 2.45) is 0 Å². The van der Waals surface area contributed by atoms with Gasteiger partial charge in [0.25, 0.3) is 0 Å². The van der Waals surface area contributed by atoms with Crippen LogP contribution in [0.5, 0.6) is 5.75 Å². The van der Waals surface area contributed by atoms with Crippen LogP contribution >= 0.6 is 15.9 Å². The minimum Gasteiger partial charge on any atom is -0.463 e. The molecule has 6 nitrogen and oxygen atoms in total. The summed E-state index contributed by atoms with van der Waals surface area (Å²) in [5.74, 6) is 0.699. The van der Waals surface area contributed by atoms with E-state index in [-0.39, 0.29) is 16.3 Å². The molecule has 2 aromatic rings. The number of hydrogen-bond donors (Lipinski definition) is 2. The molecule has 2 aliphatic rings. The zero-order chi connectivity index (χ0) is 20.6. The fourth-order valence-electron chi connectivity index (χ4n) is 4.31. The van der Waals surface area contributed by atoms with Gasteiger partial charge in [-0.3, -0.25) is 10.4 Å². The number of rotatable bonds is 6. The molecule has 0 amide bonds. The summed E-state index contributed by atoms with van der Waals surface area (Å²) in [6.07, 6.45) is 4.06. The van der Waals surface area contributed by atoms with Crippen LogP contribution in [0, 0.1) is 0 Å². The van der Waals surface area contributed by atoms with Gasteiger partial charge in [0.2, 0.25) is 5.72 Å². The van der Waals surface area contributed by atoms with Gasteiger partial charge < -0.3 is 14.4 Å². The van der Waals surface area contributed by atoms with Gasteiger partial charge in [0.05, 0.1) is 24.3 Å². The lowest BCUT2D eigenvalue weighted by Gasteiger charge is -2.47. The summed E-state index contributed by atoms with van der Waals surface area (Å²) in [4.78, 5) is 2.27. The van der Waals surface area contributed by atoms with Crippen LogP contribution in [0.4, 0.5) is 11.4 Å². The lowest BCUT2D eigenvalue weighted by Crippen LogP contribution is -2.60. The normalized spacial score (nSPS) is 21.1. The fraction of sp³-hybridized carbons (Fsp3) is 0.364. The van der Waals surface area contributed by atoms with E-state index in [1.54, 1.807) is 18.2 Å². The second kappa shape index (κ2) is 7.65. The first-order chi connectivity index (χ1) is 13.9. The van der Waals surface area contributed by atoms with E-state index in [4.69, 9.17) is 9.47 Å². The maximum atomic E-state index is 9.31. The van der Waals surface area contributed by atoms with Crippen molar-refractivity contribution in [2.45, 2.75) is 25.0 Å². The van der Waals surface area contributed by atoms with E-state index in [2.05, 4.69) is 59.0 Å². The van der Waals surface area contributed by atoms with Gasteiger partial charge >= 0.3 is 0 Å². The molecule has 0 saturated carbocycles. The van der Waals surface area contributed by atoms with E-state index in [1.165, 1.54) is 5.56 Å². The van der Waals surface area contributed by atoms with Crippen molar-refractivity contribution in [2.75, 3.05) is 35.2 Å². The number of fused-ring (bicyclic) bond motifs is 2. The molecule has 0 saturated heterocycles. The second-order valence-electron chi connectivity index (χ2n) is 7.74. The van der Waals surface area contributed by atoms with Crippen LogP contribution < -0.4 is 14.9 Å². The highest BCUT2D eigenvalue weighted by Gasteiger charge is 2.58. The molecule has 1 atom stereocenters. The molecule has 1 unspecified atom stereocenters. The average Bonchev–Trinajstić information content (AvgIpc) is 2.89. The number of alkyl halides is 1. The first-order valence-electron chi connectivity index (χ1n) is 9.62. The number of anilines is 2. The molecule has 2 N–H and O–H groups in total. The zero-order valence-corrected chi connectivity index (χ0v) is 18.1. The Morgan fingerprint density at radius 3 is 2.69 bits per heavy atom. The standard InChI is InChI=1S/C22H25BrN2O4/c1-21(2)18-5-3-4-6-19(18)24(12-14-28-13-11-23)22(21)10-9-16-15-17(25(26)27)7-8-20(16)29-22/h3-10,15,26-27H,11-14H2,1-2H3. The third-order valence-electron chi connectivity index (χ3n) is 5.82. The summed E-state index contributed by atoms with van der Waals surface area (Å²) in [6, 6.07) is 13.5. The molecule has 29 heavy (non-hydrogen) atoms. The Hall–Kier alpha value is -2.06. The van der Waals surface area contributed by atoms with Crippen molar-refractivity contribution >= 4 is 33.4 Å². The smallest absolute Gasteiger partial charge is 0.212 e. The number of ether oxygens (including phenoxy) is 2. The minimum absolute atomic E-state index is 0.112. The molecule has 1 spiro atoms. The van der Waals surface area contributed by atoms with Crippen molar-refractivity contribution in [3.8, 4) is 5.75 Å². The van der Waals surface area contributed by atoms with Crippen LogP contribution in [-0.2, 0) is 10.2 Å². The molecular formula is C22H25BrN2O4. The number of halogens is 1. The molecule has 0 bridgehead atoms. The predicted molar refractivity (Wildman–Crippen MR) is 116 cm³/mol. The van der Waals surface area contributed by atoms with Gasteiger partial charge in [0, 0.05) is 23.1 Å². The van der Waals surface area contributed by atoms with Crippen molar-refractivity contribution < 1.29 is 19.9 Å². The Bertz CT molecular complexity index is 931. The van der Waals surface area contributed by atoms with Crippen LogP contribution in [0.3, 0.4) is 0 Å². The summed E-state index contributed by atoms with van der Waals surface area (Å²) in [5, 5.41) is 19.5. The lowest BCUT2D eigenvalue weighted by atomic mass is 9.76. The molecule has 4 rings (SSSR count). The van der Waals surface area contributed by atoms with Crippen molar-refractivity contribution in [3.05, 3.63) is 59.7 Å². The summed E-state index contributed by atoms with van der Waals surface area (Å²) in [6.45, 7) is 6.32. The largest absolute Gasteiger partial charge is 0.463 e. The van der Waals surface area contributed by atoms with E-state index in [1.807, 2.05) is 12.1 Å². The highest BCUT2D eigenvalue weighted by Crippen LogP contribution is 2.54. The van der Waals surface area contributed by atoms with Gasteiger partial charge in [-0.05, 0) is 55.8 Å². The number of hydrogen-bond acceptors (Lipinski definition) is 6. The van der Waals surface area contributed by atoms with Crippen molar-refractivity contribution in [3.63, 3.8) is 0 Å². The van der Waals surface area contributed by atoms with Gasteiger partial charge in [0.1, 0.15) is 5.75 Å². The molecule has 0 radical (unpaired) electrons. The monoisotopic (exact) mass is 460 g/mol. The fourth-order valence-corrected chi connectivity index (χ4v) is 4.54. The first kappa shape index (κ1) is 20.2. The zero-order valence-electron chi connectivity index (χ0n) is 16.5. The molecule has 0 aromatic heterocycles.